The van der Waals surface area contributed by atoms with Crippen LogP contribution in [0.25, 0.3) is 0 Å². The number of benzene rings is 2. The molecule has 0 aliphatic rings. The zero-order chi connectivity index (χ0) is 22.6. The lowest BCUT2D eigenvalue weighted by Gasteiger charge is -2.23. The summed E-state index contributed by atoms with van der Waals surface area (Å²) in [5.41, 5.74) is 1.67. The van der Waals surface area contributed by atoms with Gasteiger partial charge in [-0.2, -0.15) is 12.7 Å². The molecule has 0 atom stereocenters. The number of nitrogens with zero attached hydrogens (tertiary/aromatic N) is 1. The molecular formula is C21H29NO6S2. The summed E-state index contributed by atoms with van der Waals surface area (Å²) in [6.45, 7) is 6.75. The highest BCUT2D eigenvalue weighted by atomic mass is 32.2. The smallest absolute Gasteiger partial charge is 0.306 e. The fourth-order valence-corrected chi connectivity index (χ4v) is 4.65. The normalized spacial score (nSPS) is 12.9. The molecule has 0 heterocycles. The van der Waals surface area contributed by atoms with Gasteiger partial charge in [0.25, 0.3) is 0 Å². The molecule has 0 amide bonds. The number of rotatable bonds is 9. The third-order valence-corrected chi connectivity index (χ3v) is 6.79. The van der Waals surface area contributed by atoms with Crippen molar-refractivity contribution in [3.05, 3.63) is 59.7 Å². The molecule has 30 heavy (non-hydrogen) atoms. The molecule has 166 valence electrons. The van der Waals surface area contributed by atoms with Gasteiger partial charge in [-0.25, -0.2) is 8.42 Å². The van der Waals surface area contributed by atoms with Gasteiger partial charge in [0, 0.05) is 20.2 Å². The van der Waals surface area contributed by atoms with Crippen molar-refractivity contribution in [1.82, 2.24) is 4.31 Å². The van der Waals surface area contributed by atoms with Crippen molar-refractivity contribution in [2.45, 2.75) is 37.6 Å². The molecule has 0 unspecified atom stereocenters. The summed E-state index contributed by atoms with van der Waals surface area (Å²) in [7, 11) is -5.85. The van der Waals surface area contributed by atoms with E-state index in [4.69, 9.17) is 8.92 Å². The number of hydrogen-bond donors (Lipinski definition) is 0. The van der Waals surface area contributed by atoms with E-state index in [2.05, 4.69) is 20.8 Å². The van der Waals surface area contributed by atoms with E-state index in [-0.39, 0.29) is 35.8 Å². The van der Waals surface area contributed by atoms with Gasteiger partial charge in [-0.3, -0.25) is 0 Å². The van der Waals surface area contributed by atoms with Crippen LogP contribution in [0.4, 0.5) is 0 Å². The minimum Gasteiger partial charge on any atom is -0.383 e. The Balaban J connectivity index is 2.27. The van der Waals surface area contributed by atoms with Gasteiger partial charge in [0.2, 0.25) is 10.0 Å². The molecule has 0 bridgehead atoms. The first kappa shape index (κ1) is 24.3. The summed E-state index contributed by atoms with van der Waals surface area (Å²) < 4.78 is 60.2. The lowest BCUT2D eigenvalue weighted by molar-refractivity contribution is 0.177. The van der Waals surface area contributed by atoms with Gasteiger partial charge in [-0.1, -0.05) is 45.0 Å². The molecule has 2 aromatic rings. The Hall–Kier alpha value is -1.94. The van der Waals surface area contributed by atoms with E-state index in [1.807, 2.05) is 12.1 Å². The number of hydrogen-bond acceptors (Lipinski definition) is 6. The van der Waals surface area contributed by atoms with Crippen LogP contribution in [0.1, 0.15) is 31.9 Å². The van der Waals surface area contributed by atoms with Gasteiger partial charge >= 0.3 is 10.1 Å². The maximum absolute atomic E-state index is 13.2. The highest BCUT2D eigenvalue weighted by Crippen LogP contribution is 2.25. The standard InChI is InChI=1S/C21H29NO6S2/c1-21(2,3)18-8-12-20(13-9-18)30(25,26)22(14-15-27-4)16-17-6-10-19(11-7-17)28-29(5,23)24/h6-13H,14-16H2,1-5H3. The second-order valence-corrected chi connectivity index (χ2v) is 11.6. The first-order valence-electron chi connectivity index (χ1n) is 9.41. The van der Waals surface area contributed by atoms with Crippen molar-refractivity contribution in [2.75, 3.05) is 26.5 Å². The number of methoxy groups -OCH3 is 1. The van der Waals surface area contributed by atoms with Crippen LogP contribution in [-0.4, -0.2) is 47.7 Å². The Morgan fingerprint density at radius 3 is 1.93 bits per heavy atom. The van der Waals surface area contributed by atoms with Crippen LogP contribution in [0.5, 0.6) is 5.75 Å². The van der Waals surface area contributed by atoms with E-state index in [9.17, 15) is 16.8 Å². The molecule has 0 spiro atoms. The molecule has 2 aromatic carbocycles. The second kappa shape index (κ2) is 9.47. The van der Waals surface area contributed by atoms with Gasteiger partial charge in [-0.15, -0.1) is 0 Å². The van der Waals surface area contributed by atoms with Crippen molar-refractivity contribution in [2.24, 2.45) is 0 Å². The van der Waals surface area contributed by atoms with Gasteiger partial charge in [-0.05, 0) is 40.8 Å². The van der Waals surface area contributed by atoms with E-state index in [0.717, 1.165) is 11.8 Å². The highest BCUT2D eigenvalue weighted by molar-refractivity contribution is 7.89. The van der Waals surface area contributed by atoms with Gasteiger partial charge in [0.05, 0.1) is 17.8 Å². The molecule has 0 N–H and O–H groups in total. The van der Waals surface area contributed by atoms with Crippen LogP contribution >= 0.6 is 0 Å². The van der Waals surface area contributed by atoms with Crippen LogP contribution < -0.4 is 4.18 Å². The van der Waals surface area contributed by atoms with Crippen molar-refractivity contribution in [1.29, 1.82) is 0 Å². The number of ether oxygens (including phenoxy) is 1. The van der Waals surface area contributed by atoms with Crippen LogP contribution in [-0.2, 0) is 36.8 Å². The SMILES string of the molecule is COCCN(Cc1ccc(OS(C)(=O)=O)cc1)S(=O)(=O)c1ccc(C(C)(C)C)cc1. The van der Waals surface area contributed by atoms with E-state index in [1.54, 1.807) is 24.3 Å². The van der Waals surface area contributed by atoms with E-state index in [1.165, 1.54) is 23.5 Å². The Morgan fingerprint density at radius 1 is 0.900 bits per heavy atom. The van der Waals surface area contributed by atoms with Crippen LogP contribution in [0, 0.1) is 0 Å². The molecule has 2 rings (SSSR count). The molecular weight excluding hydrogens is 426 g/mol. The molecule has 0 radical (unpaired) electrons. The maximum atomic E-state index is 13.2. The fraction of sp³-hybridized carbons (Fsp3) is 0.429. The summed E-state index contributed by atoms with van der Waals surface area (Å²) >= 11 is 0. The highest BCUT2D eigenvalue weighted by Gasteiger charge is 2.25. The zero-order valence-electron chi connectivity index (χ0n) is 18.0. The van der Waals surface area contributed by atoms with Crippen LogP contribution in [0.2, 0.25) is 0 Å². The van der Waals surface area contributed by atoms with Gasteiger partial charge in [0.15, 0.2) is 0 Å². The predicted molar refractivity (Wildman–Crippen MR) is 117 cm³/mol. The molecule has 0 saturated carbocycles. The number of sulfonamides is 1. The van der Waals surface area contributed by atoms with Gasteiger partial charge in [0.1, 0.15) is 5.75 Å². The zero-order valence-corrected chi connectivity index (χ0v) is 19.6. The average Bonchev–Trinajstić information content (AvgIpc) is 2.64. The maximum Gasteiger partial charge on any atom is 0.306 e. The molecule has 7 nitrogen and oxygen atoms in total. The Labute approximate surface area is 179 Å². The quantitative estimate of drug-likeness (QED) is 0.540. The summed E-state index contributed by atoms with van der Waals surface area (Å²) in [5.74, 6) is 0.172. The van der Waals surface area contributed by atoms with E-state index >= 15 is 0 Å². The molecule has 0 aliphatic heterocycles. The van der Waals surface area contributed by atoms with Crippen LogP contribution in [0.3, 0.4) is 0 Å². The largest absolute Gasteiger partial charge is 0.383 e. The van der Waals surface area contributed by atoms with Gasteiger partial charge < -0.3 is 8.92 Å². The molecule has 0 saturated heterocycles. The van der Waals surface area contributed by atoms with Crippen molar-refractivity contribution in [3.63, 3.8) is 0 Å². The fourth-order valence-electron chi connectivity index (χ4n) is 2.78. The summed E-state index contributed by atoms with van der Waals surface area (Å²) in [6.07, 6.45) is 0.963. The molecule has 0 fully saturated rings. The van der Waals surface area contributed by atoms with Crippen molar-refractivity contribution >= 4 is 20.1 Å². The minimum absolute atomic E-state index is 0.0756. The predicted octanol–water partition coefficient (Wildman–Crippen LogP) is 3.16. The lowest BCUT2D eigenvalue weighted by Crippen LogP contribution is -2.33. The molecule has 0 aliphatic carbocycles. The first-order chi connectivity index (χ1) is 13.8. The lowest BCUT2D eigenvalue weighted by atomic mass is 9.87. The minimum atomic E-state index is -3.75. The molecule has 0 aromatic heterocycles. The first-order valence-corrected chi connectivity index (χ1v) is 12.7. The summed E-state index contributed by atoms with van der Waals surface area (Å²) in [6, 6.07) is 13.2. The Bertz CT molecular complexity index is 1040. The van der Waals surface area contributed by atoms with E-state index in [0.29, 0.717) is 5.56 Å². The Morgan fingerprint density at radius 2 is 1.47 bits per heavy atom. The summed E-state index contributed by atoms with van der Waals surface area (Å²) in [5, 5.41) is 0. The van der Waals surface area contributed by atoms with Crippen molar-refractivity contribution < 1.29 is 25.8 Å². The summed E-state index contributed by atoms with van der Waals surface area (Å²) in [4.78, 5) is 0.212. The van der Waals surface area contributed by atoms with Crippen molar-refractivity contribution in [3.8, 4) is 5.75 Å². The Kier molecular flexibility index (Phi) is 7.68. The average molecular weight is 456 g/mol. The topological polar surface area (TPSA) is 90.0 Å². The third-order valence-electron chi connectivity index (χ3n) is 4.43. The third kappa shape index (κ3) is 6.80. The van der Waals surface area contributed by atoms with E-state index < -0.39 is 20.1 Å². The monoisotopic (exact) mass is 455 g/mol. The van der Waals surface area contributed by atoms with Crippen LogP contribution in [0.15, 0.2) is 53.4 Å². The second-order valence-electron chi connectivity index (χ2n) is 8.04. The molecule has 9 heteroatoms.